The lowest BCUT2D eigenvalue weighted by Crippen LogP contribution is -2.22. The molecule has 0 aliphatic carbocycles. The minimum absolute atomic E-state index is 0.365. The summed E-state index contributed by atoms with van der Waals surface area (Å²) in [7, 11) is 4.09. The second-order valence-electron chi connectivity index (χ2n) is 5.51. The molecule has 0 aromatic carbocycles. The highest BCUT2D eigenvalue weighted by Gasteiger charge is 2.17. The van der Waals surface area contributed by atoms with Gasteiger partial charge in [0.25, 0.3) is 0 Å². The molecule has 5 heteroatoms. The lowest BCUT2D eigenvalue weighted by atomic mass is 9.93. The van der Waals surface area contributed by atoms with Crippen LogP contribution < -0.4 is 5.73 Å². The summed E-state index contributed by atoms with van der Waals surface area (Å²) in [5.41, 5.74) is 7.08. The van der Waals surface area contributed by atoms with Gasteiger partial charge in [-0.05, 0) is 20.0 Å². The van der Waals surface area contributed by atoms with Gasteiger partial charge in [-0.25, -0.2) is 4.98 Å². The van der Waals surface area contributed by atoms with Crippen LogP contribution in [0.3, 0.4) is 0 Å². The minimum atomic E-state index is 0.365. The van der Waals surface area contributed by atoms with Crippen molar-refractivity contribution in [2.45, 2.75) is 26.3 Å². The minimum Gasteiger partial charge on any atom is -0.378 e. The number of hydrogen-bond acceptors (Lipinski definition) is 4. The van der Waals surface area contributed by atoms with Crippen molar-refractivity contribution >= 4 is 0 Å². The van der Waals surface area contributed by atoms with Crippen molar-refractivity contribution < 1.29 is 4.74 Å². The molecule has 0 aliphatic rings. The molecule has 1 rings (SSSR count). The molecule has 0 fully saturated rings. The fraction of sp³-hybridized carbons (Fsp3) is 0.786. The first-order chi connectivity index (χ1) is 9.06. The molecule has 2 N–H and O–H groups in total. The van der Waals surface area contributed by atoms with Crippen LogP contribution in [0.1, 0.15) is 25.5 Å². The third-order valence-electron chi connectivity index (χ3n) is 3.34. The van der Waals surface area contributed by atoms with Crippen LogP contribution in [-0.2, 0) is 11.3 Å². The standard InChI is InChI=1S/C14H28N4O/c1-12(2)13(9-15)14-10-16-11-18(14)6-8-19-7-5-17(3)4/h10-13H,5-9,15H2,1-4H3. The van der Waals surface area contributed by atoms with Crippen molar-refractivity contribution in [3.05, 3.63) is 18.2 Å². The monoisotopic (exact) mass is 268 g/mol. The van der Waals surface area contributed by atoms with E-state index in [1.807, 2.05) is 26.6 Å². The van der Waals surface area contributed by atoms with Gasteiger partial charge in [-0.1, -0.05) is 13.8 Å². The van der Waals surface area contributed by atoms with E-state index in [4.69, 9.17) is 10.5 Å². The second kappa shape index (κ2) is 8.30. The molecule has 5 nitrogen and oxygen atoms in total. The van der Waals surface area contributed by atoms with Crippen molar-refractivity contribution in [1.29, 1.82) is 0 Å². The van der Waals surface area contributed by atoms with Crippen molar-refractivity contribution in [3.63, 3.8) is 0 Å². The number of imidazole rings is 1. The Morgan fingerprint density at radius 1 is 1.37 bits per heavy atom. The van der Waals surface area contributed by atoms with E-state index in [0.717, 1.165) is 19.7 Å². The van der Waals surface area contributed by atoms with Crippen LogP contribution >= 0.6 is 0 Å². The molecule has 0 bridgehead atoms. The van der Waals surface area contributed by atoms with Gasteiger partial charge in [0.1, 0.15) is 0 Å². The maximum Gasteiger partial charge on any atom is 0.0949 e. The predicted octanol–water partition coefficient (Wildman–Crippen LogP) is 1.16. The topological polar surface area (TPSA) is 56.3 Å². The molecule has 0 saturated heterocycles. The Hall–Kier alpha value is -0.910. The summed E-state index contributed by atoms with van der Waals surface area (Å²) in [5.74, 6) is 0.888. The molecule has 110 valence electrons. The number of aromatic nitrogens is 2. The van der Waals surface area contributed by atoms with E-state index in [9.17, 15) is 0 Å². The number of ether oxygens (including phenoxy) is 1. The highest BCUT2D eigenvalue weighted by Crippen LogP contribution is 2.22. The largest absolute Gasteiger partial charge is 0.378 e. The zero-order valence-electron chi connectivity index (χ0n) is 12.7. The van der Waals surface area contributed by atoms with Crippen molar-refractivity contribution in [2.75, 3.05) is 40.4 Å². The fourth-order valence-electron chi connectivity index (χ4n) is 2.07. The van der Waals surface area contributed by atoms with Crippen molar-refractivity contribution in [3.8, 4) is 0 Å². The van der Waals surface area contributed by atoms with E-state index in [1.54, 1.807) is 0 Å². The van der Waals surface area contributed by atoms with Crippen molar-refractivity contribution in [2.24, 2.45) is 11.7 Å². The first kappa shape index (κ1) is 16.1. The molecule has 1 heterocycles. The fourth-order valence-corrected chi connectivity index (χ4v) is 2.07. The van der Waals surface area contributed by atoms with E-state index >= 15 is 0 Å². The molecule has 1 aromatic heterocycles. The van der Waals surface area contributed by atoms with E-state index < -0.39 is 0 Å². The normalized spacial score (nSPS) is 13.4. The number of nitrogens with two attached hydrogens (primary N) is 1. The molecule has 0 amide bonds. The average Bonchev–Trinajstić information content (AvgIpc) is 2.77. The Morgan fingerprint density at radius 3 is 2.68 bits per heavy atom. The lowest BCUT2D eigenvalue weighted by molar-refractivity contribution is 0.110. The van der Waals surface area contributed by atoms with Gasteiger partial charge in [0.2, 0.25) is 0 Å². The SMILES string of the molecule is CC(C)C(CN)c1cncn1CCOCCN(C)C. The third-order valence-corrected chi connectivity index (χ3v) is 3.34. The smallest absolute Gasteiger partial charge is 0.0949 e. The first-order valence-corrected chi connectivity index (χ1v) is 6.98. The third kappa shape index (κ3) is 5.30. The van der Waals surface area contributed by atoms with Gasteiger partial charge in [-0.2, -0.15) is 0 Å². The molecule has 1 atom stereocenters. The molecule has 0 spiro atoms. The number of nitrogens with zero attached hydrogens (tertiary/aromatic N) is 3. The van der Waals surface area contributed by atoms with Crippen LogP contribution in [0.4, 0.5) is 0 Å². The molecule has 0 saturated carbocycles. The van der Waals surface area contributed by atoms with Gasteiger partial charge in [0.05, 0.1) is 19.5 Å². The number of hydrogen-bond donors (Lipinski definition) is 1. The molecule has 0 radical (unpaired) electrons. The van der Waals surface area contributed by atoms with Crippen LogP contribution in [0.25, 0.3) is 0 Å². The zero-order valence-corrected chi connectivity index (χ0v) is 12.7. The molecule has 1 unspecified atom stereocenters. The summed E-state index contributed by atoms with van der Waals surface area (Å²) in [6.07, 6.45) is 3.80. The zero-order chi connectivity index (χ0) is 14.3. The van der Waals surface area contributed by atoms with E-state index in [-0.39, 0.29) is 0 Å². The average molecular weight is 268 g/mol. The Bertz CT molecular complexity index is 349. The Morgan fingerprint density at radius 2 is 2.11 bits per heavy atom. The van der Waals surface area contributed by atoms with Crippen LogP contribution in [0.5, 0.6) is 0 Å². The highest BCUT2D eigenvalue weighted by molar-refractivity contribution is 5.08. The first-order valence-electron chi connectivity index (χ1n) is 6.98. The van der Waals surface area contributed by atoms with Gasteiger partial charge in [0, 0.05) is 37.4 Å². The molecule has 19 heavy (non-hydrogen) atoms. The number of rotatable bonds is 9. The molecule has 1 aromatic rings. The summed E-state index contributed by atoms with van der Waals surface area (Å²) < 4.78 is 7.79. The maximum atomic E-state index is 5.87. The summed E-state index contributed by atoms with van der Waals surface area (Å²) >= 11 is 0. The Labute approximate surface area is 116 Å². The summed E-state index contributed by atoms with van der Waals surface area (Å²) in [6.45, 7) is 8.32. The van der Waals surface area contributed by atoms with Crippen LogP contribution in [-0.4, -0.2) is 54.8 Å². The van der Waals surface area contributed by atoms with Gasteiger partial charge in [0.15, 0.2) is 0 Å². The summed E-state index contributed by atoms with van der Waals surface area (Å²) in [6, 6.07) is 0. The van der Waals surface area contributed by atoms with Gasteiger partial charge >= 0.3 is 0 Å². The van der Waals surface area contributed by atoms with Crippen LogP contribution in [0.2, 0.25) is 0 Å². The molecule has 0 aliphatic heterocycles. The van der Waals surface area contributed by atoms with Crippen LogP contribution in [0.15, 0.2) is 12.5 Å². The molecular weight excluding hydrogens is 240 g/mol. The predicted molar refractivity (Wildman–Crippen MR) is 78.2 cm³/mol. The van der Waals surface area contributed by atoms with Gasteiger partial charge < -0.3 is 19.9 Å². The number of likely N-dealkylation sites (N-methyl/N-ethyl adjacent to an activating group) is 1. The quantitative estimate of drug-likeness (QED) is 0.683. The van der Waals surface area contributed by atoms with Crippen LogP contribution in [0, 0.1) is 5.92 Å². The van der Waals surface area contributed by atoms with E-state index in [2.05, 4.69) is 28.3 Å². The van der Waals surface area contributed by atoms with Gasteiger partial charge in [-0.3, -0.25) is 0 Å². The van der Waals surface area contributed by atoms with E-state index in [0.29, 0.717) is 25.0 Å². The molecular formula is C14H28N4O. The highest BCUT2D eigenvalue weighted by atomic mass is 16.5. The van der Waals surface area contributed by atoms with E-state index in [1.165, 1.54) is 5.69 Å². The second-order valence-corrected chi connectivity index (χ2v) is 5.51. The van der Waals surface area contributed by atoms with Gasteiger partial charge in [-0.15, -0.1) is 0 Å². The Balaban J connectivity index is 2.44. The van der Waals surface area contributed by atoms with Crippen molar-refractivity contribution in [1.82, 2.24) is 14.5 Å². The summed E-state index contributed by atoms with van der Waals surface area (Å²) in [5, 5.41) is 0. The summed E-state index contributed by atoms with van der Waals surface area (Å²) in [4.78, 5) is 6.36. The maximum absolute atomic E-state index is 5.87. The lowest BCUT2D eigenvalue weighted by Gasteiger charge is -2.20. The Kier molecular flexibility index (Phi) is 7.05.